The molecule has 1 aliphatic heterocycles. The van der Waals surface area contributed by atoms with Crippen LogP contribution in [0.15, 0.2) is 66.7 Å². The summed E-state index contributed by atoms with van der Waals surface area (Å²) in [6.07, 6.45) is 5.10. The number of fused-ring (bicyclic) bond motifs is 1. The van der Waals surface area contributed by atoms with Gasteiger partial charge in [-0.1, -0.05) is 72.4 Å². The van der Waals surface area contributed by atoms with Crippen molar-refractivity contribution in [3.8, 4) is 47.2 Å². The highest BCUT2D eigenvalue weighted by Crippen LogP contribution is 2.34. The number of ether oxygens (including phenoxy) is 2. The minimum Gasteiger partial charge on any atom is -0.372 e. The molecular weight excluding hydrogens is 416 g/mol. The monoisotopic (exact) mass is 448 g/mol. The summed E-state index contributed by atoms with van der Waals surface area (Å²) in [6, 6.07) is 22.5. The molecule has 4 rings (SSSR count). The molecule has 0 aromatic heterocycles. The van der Waals surface area contributed by atoms with E-state index >= 15 is 0 Å². The molecule has 0 amide bonds. The lowest BCUT2D eigenvalue weighted by molar-refractivity contribution is 0.134. The molecule has 2 nitrogen and oxygen atoms in total. The number of benzene rings is 3. The van der Waals surface area contributed by atoms with Crippen LogP contribution in [-0.4, -0.2) is 13.2 Å². The van der Waals surface area contributed by atoms with E-state index < -0.39 is 0 Å². The zero-order chi connectivity index (χ0) is 24.6. The second kappa shape index (κ2) is 15.2. The molecule has 0 radical (unpaired) electrons. The Morgan fingerprint density at radius 2 is 1.38 bits per heavy atom. The third-order valence-corrected chi connectivity index (χ3v) is 5.28. The highest BCUT2D eigenvalue weighted by atomic mass is 16.5. The minimum absolute atomic E-state index is 0.491. The van der Waals surface area contributed by atoms with Crippen molar-refractivity contribution in [3.63, 3.8) is 0 Å². The summed E-state index contributed by atoms with van der Waals surface area (Å²) in [5, 5.41) is 0. The lowest BCUT2D eigenvalue weighted by Crippen LogP contribution is -1.95. The Morgan fingerprint density at radius 1 is 0.824 bits per heavy atom. The van der Waals surface area contributed by atoms with Gasteiger partial charge in [0, 0.05) is 5.56 Å². The Labute approximate surface area is 205 Å². The maximum Gasteiger partial charge on any atom is 0.109 e. The van der Waals surface area contributed by atoms with E-state index in [1.165, 1.54) is 33.4 Å². The number of aryl methyl sites for hydroxylation is 1. The zero-order valence-corrected chi connectivity index (χ0v) is 20.6. The molecule has 3 aromatic carbocycles. The molecule has 0 bridgehead atoms. The van der Waals surface area contributed by atoms with Gasteiger partial charge in [-0.05, 0) is 73.2 Å². The van der Waals surface area contributed by atoms with Gasteiger partial charge >= 0.3 is 0 Å². The van der Waals surface area contributed by atoms with Gasteiger partial charge in [0.2, 0.25) is 0 Å². The van der Waals surface area contributed by atoms with Gasteiger partial charge in [-0.3, -0.25) is 0 Å². The third-order valence-electron chi connectivity index (χ3n) is 5.28. The summed E-state index contributed by atoms with van der Waals surface area (Å²) in [5.41, 5.74) is 9.07. The van der Waals surface area contributed by atoms with Crippen LogP contribution < -0.4 is 0 Å². The second-order valence-corrected chi connectivity index (χ2v) is 7.54. The van der Waals surface area contributed by atoms with Crippen molar-refractivity contribution in [3.05, 3.63) is 94.5 Å². The summed E-state index contributed by atoms with van der Waals surface area (Å²) >= 11 is 0. The van der Waals surface area contributed by atoms with Crippen molar-refractivity contribution in [2.24, 2.45) is 0 Å². The van der Waals surface area contributed by atoms with Crippen LogP contribution in [0.5, 0.6) is 0 Å². The first-order chi connectivity index (χ1) is 16.6. The van der Waals surface area contributed by atoms with Crippen LogP contribution in [0.2, 0.25) is 0 Å². The fraction of sp³-hybridized carbons (Fsp3) is 0.250. The van der Waals surface area contributed by atoms with Gasteiger partial charge in [-0.15, -0.1) is 18.3 Å². The van der Waals surface area contributed by atoms with Gasteiger partial charge in [0.15, 0.2) is 0 Å². The first kappa shape index (κ1) is 26.5. The molecule has 1 aliphatic rings. The molecule has 0 aliphatic carbocycles. The van der Waals surface area contributed by atoms with Crippen molar-refractivity contribution < 1.29 is 9.47 Å². The third kappa shape index (κ3) is 8.31. The summed E-state index contributed by atoms with van der Waals surface area (Å²) in [6.45, 7) is 10.5. The average molecular weight is 449 g/mol. The Kier molecular flexibility index (Phi) is 11.8. The summed E-state index contributed by atoms with van der Waals surface area (Å²) in [5.74, 6) is 13.5. The first-order valence-corrected chi connectivity index (χ1v) is 11.3. The Balaban J connectivity index is 0.000000204. The molecule has 0 saturated heterocycles. The SMILES string of the molecule is C#Cc1ccccc1.CC#CCOCC#CC.Cc1cc(-c2ccccc2)c(C)c2c1COC2. The number of hydrogen-bond donors (Lipinski definition) is 0. The van der Waals surface area contributed by atoms with Crippen LogP contribution in [0.3, 0.4) is 0 Å². The standard InChI is InChI=1S/C16H16O.C8H10O.C8H6/c1-11-8-14(13-6-4-3-5-7-13)12(2)16-10-17-9-15(11)16;1-3-5-7-9-8-6-4-2;1-2-8-6-4-3-5-7-8/h3-8H,9-10H2,1-2H3;7-8H2,1-2H3;1,3-7H. The molecule has 34 heavy (non-hydrogen) atoms. The lowest BCUT2D eigenvalue weighted by atomic mass is 9.91. The maximum absolute atomic E-state index is 5.57. The van der Waals surface area contributed by atoms with E-state index in [1.807, 2.05) is 30.3 Å². The summed E-state index contributed by atoms with van der Waals surface area (Å²) in [7, 11) is 0. The molecule has 0 saturated carbocycles. The van der Waals surface area contributed by atoms with E-state index in [1.54, 1.807) is 13.8 Å². The Hall–Kier alpha value is -3.74. The van der Waals surface area contributed by atoms with E-state index in [9.17, 15) is 0 Å². The van der Waals surface area contributed by atoms with Crippen LogP contribution in [0.25, 0.3) is 11.1 Å². The van der Waals surface area contributed by atoms with Crippen molar-refractivity contribution in [1.82, 2.24) is 0 Å². The number of terminal acetylenes is 1. The van der Waals surface area contributed by atoms with Gasteiger partial charge in [0.1, 0.15) is 13.2 Å². The predicted molar refractivity (Wildman–Crippen MR) is 142 cm³/mol. The largest absolute Gasteiger partial charge is 0.372 e. The minimum atomic E-state index is 0.491. The van der Waals surface area contributed by atoms with Gasteiger partial charge in [0.05, 0.1) is 13.2 Å². The quantitative estimate of drug-likeness (QED) is 0.327. The molecule has 3 aromatic rings. The summed E-state index contributed by atoms with van der Waals surface area (Å²) < 4.78 is 10.5. The highest BCUT2D eigenvalue weighted by Gasteiger charge is 2.18. The van der Waals surface area contributed by atoms with Gasteiger partial charge in [-0.25, -0.2) is 0 Å². The molecule has 0 fully saturated rings. The molecule has 172 valence electrons. The molecule has 0 spiro atoms. The normalized spacial score (nSPS) is 10.4. The van der Waals surface area contributed by atoms with E-state index in [-0.39, 0.29) is 0 Å². The van der Waals surface area contributed by atoms with Crippen LogP contribution in [-0.2, 0) is 22.7 Å². The first-order valence-electron chi connectivity index (χ1n) is 11.3. The average Bonchev–Trinajstić information content (AvgIpc) is 3.39. The van der Waals surface area contributed by atoms with Crippen molar-refractivity contribution in [2.75, 3.05) is 13.2 Å². The molecule has 1 heterocycles. The number of rotatable bonds is 3. The van der Waals surface area contributed by atoms with E-state index in [2.05, 4.69) is 79.8 Å². The molecule has 2 heteroatoms. The second-order valence-electron chi connectivity index (χ2n) is 7.54. The smallest absolute Gasteiger partial charge is 0.109 e. The van der Waals surface area contributed by atoms with Crippen LogP contribution in [0.4, 0.5) is 0 Å². The predicted octanol–water partition coefficient (Wildman–Crippen LogP) is 6.72. The van der Waals surface area contributed by atoms with Crippen molar-refractivity contribution >= 4 is 0 Å². The van der Waals surface area contributed by atoms with E-state index in [0.29, 0.717) is 13.2 Å². The van der Waals surface area contributed by atoms with Gasteiger partial charge < -0.3 is 9.47 Å². The Morgan fingerprint density at radius 3 is 1.91 bits per heavy atom. The summed E-state index contributed by atoms with van der Waals surface area (Å²) in [4.78, 5) is 0. The Bertz CT molecular complexity index is 1170. The zero-order valence-electron chi connectivity index (χ0n) is 20.6. The van der Waals surface area contributed by atoms with Crippen molar-refractivity contribution in [2.45, 2.75) is 40.9 Å². The fourth-order valence-corrected chi connectivity index (χ4v) is 3.44. The molecule has 0 atom stereocenters. The van der Waals surface area contributed by atoms with Gasteiger partial charge in [-0.2, -0.15) is 0 Å². The van der Waals surface area contributed by atoms with Crippen LogP contribution >= 0.6 is 0 Å². The van der Waals surface area contributed by atoms with E-state index in [4.69, 9.17) is 15.9 Å². The molecular formula is C32H32O2. The maximum atomic E-state index is 5.57. The van der Waals surface area contributed by atoms with Crippen LogP contribution in [0.1, 0.15) is 41.7 Å². The van der Waals surface area contributed by atoms with E-state index in [0.717, 1.165) is 18.8 Å². The topological polar surface area (TPSA) is 18.5 Å². The fourth-order valence-electron chi connectivity index (χ4n) is 3.44. The molecule has 0 N–H and O–H groups in total. The van der Waals surface area contributed by atoms with Gasteiger partial charge in [0.25, 0.3) is 0 Å². The van der Waals surface area contributed by atoms with Crippen LogP contribution in [0, 0.1) is 49.9 Å². The highest BCUT2D eigenvalue weighted by molar-refractivity contribution is 5.70. The lowest BCUT2D eigenvalue weighted by Gasteiger charge is -2.13. The van der Waals surface area contributed by atoms with Crippen molar-refractivity contribution in [1.29, 1.82) is 0 Å². The molecule has 0 unspecified atom stereocenters. The number of hydrogen-bond acceptors (Lipinski definition) is 2.